The summed E-state index contributed by atoms with van der Waals surface area (Å²) in [5, 5.41) is 91.5. The second-order valence-corrected chi connectivity index (χ2v) is 16.2. The van der Waals surface area contributed by atoms with Gasteiger partial charge in [-0.1, -0.05) is 77.7 Å². The molecule has 2 amide bonds. The van der Waals surface area contributed by atoms with Crippen molar-refractivity contribution in [3.05, 3.63) is 45.3 Å². The maximum absolute atomic E-state index is 13.2. The molecule has 3 aliphatic heterocycles. The van der Waals surface area contributed by atoms with Crippen molar-refractivity contribution in [2.45, 2.75) is 190 Å². The van der Waals surface area contributed by atoms with Gasteiger partial charge in [0.1, 0.15) is 60.9 Å². The Balaban J connectivity index is 1.42. The lowest BCUT2D eigenvalue weighted by Crippen LogP contribution is -2.68. The van der Waals surface area contributed by atoms with Crippen LogP contribution in [0, 0.1) is 5.92 Å². The lowest BCUT2D eigenvalue weighted by atomic mass is 9.91. The minimum absolute atomic E-state index is 0.597. The minimum Gasteiger partial charge on any atom is -0.394 e. The third-order valence-corrected chi connectivity index (χ3v) is 11.6. The highest BCUT2D eigenvalue weighted by Crippen LogP contribution is 2.34. The van der Waals surface area contributed by atoms with Gasteiger partial charge >= 0.3 is 5.69 Å². The highest BCUT2D eigenvalue weighted by Gasteiger charge is 2.53. The highest BCUT2D eigenvalue weighted by molar-refractivity contribution is 5.87. The van der Waals surface area contributed by atoms with Crippen LogP contribution in [0.25, 0.3) is 0 Å². The molecule has 342 valence electrons. The topological polar surface area (TPSA) is 312 Å². The van der Waals surface area contributed by atoms with Crippen molar-refractivity contribution in [1.29, 1.82) is 0 Å². The number of aromatic amines is 1. The van der Waals surface area contributed by atoms with Crippen LogP contribution in [-0.4, -0.2) is 155 Å². The molecule has 0 bridgehead atoms. The zero-order valence-corrected chi connectivity index (χ0v) is 34.5. The number of carbonyl (C=O) groups excluding carboxylic acids is 2. The smallest absolute Gasteiger partial charge is 0.330 e. The number of allylic oxidation sites excluding steroid dienone is 1. The Morgan fingerprint density at radius 3 is 2.02 bits per heavy atom. The number of nitrogens with one attached hydrogen (secondary N) is 3. The Labute approximate surface area is 348 Å². The van der Waals surface area contributed by atoms with Crippen LogP contribution in [0.5, 0.6) is 0 Å². The number of aliphatic hydroxyl groups is 8. The Kier molecular flexibility index (Phi) is 19.7. The maximum atomic E-state index is 13.2. The van der Waals surface area contributed by atoms with Crippen LogP contribution in [0.3, 0.4) is 0 Å². The summed E-state index contributed by atoms with van der Waals surface area (Å²) in [6, 6.07) is -2.01. The SMILES string of the molecule is CCC(C)CCCCCCCCCC/C=C/C(=O)NC1C(OC2OC(CO)C(O)C(O)C2NC(C)=O)OC(CC(O)C2OC(n3ccc(=O)[nH]c3=O)C(O)C2O)C(O)C1O. The van der Waals surface area contributed by atoms with Crippen LogP contribution < -0.4 is 21.9 Å². The molecule has 0 aromatic carbocycles. The van der Waals surface area contributed by atoms with E-state index >= 15 is 0 Å². The van der Waals surface area contributed by atoms with Crippen molar-refractivity contribution >= 4 is 11.8 Å². The predicted molar refractivity (Wildman–Crippen MR) is 212 cm³/mol. The van der Waals surface area contributed by atoms with Crippen LogP contribution in [0.1, 0.15) is 104 Å². The zero-order chi connectivity index (χ0) is 44.1. The average Bonchev–Trinajstić information content (AvgIpc) is 3.50. The molecule has 1 aromatic rings. The van der Waals surface area contributed by atoms with Gasteiger partial charge in [0.05, 0.1) is 18.8 Å². The summed E-state index contributed by atoms with van der Waals surface area (Å²) in [4.78, 5) is 51.2. The van der Waals surface area contributed by atoms with E-state index in [1.807, 2.05) is 4.98 Å². The number of rotatable bonds is 22. The van der Waals surface area contributed by atoms with E-state index in [9.17, 15) is 60.0 Å². The van der Waals surface area contributed by atoms with E-state index in [1.54, 1.807) is 6.08 Å². The van der Waals surface area contributed by atoms with Crippen molar-refractivity contribution < 1.29 is 69.4 Å². The fraction of sp³-hybridized carbons (Fsp3) is 0.800. The number of amides is 2. The first-order chi connectivity index (χ1) is 28.6. The molecular weight excluding hydrogens is 792 g/mol. The van der Waals surface area contributed by atoms with E-state index in [0.717, 1.165) is 55.4 Å². The molecule has 3 saturated heterocycles. The maximum Gasteiger partial charge on any atom is 0.330 e. The first-order valence-corrected chi connectivity index (χ1v) is 21.1. The molecular formula is C40H66N4O16. The number of H-pyrrole nitrogens is 1. The van der Waals surface area contributed by atoms with Gasteiger partial charge in [0.2, 0.25) is 11.8 Å². The van der Waals surface area contributed by atoms with Crippen molar-refractivity contribution in [3.8, 4) is 0 Å². The van der Waals surface area contributed by atoms with Crippen LogP contribution in [0.2, 0.25) is 0 Å². The number of unbranched alkanes of at least 4 members (excludes halogenated alkanes) is 8. The Morgan fingerprint density at radius 1 is 0.833 bits per heavy atom. The van der Waals surface area contributed by atoms with Gasteiger partial charge in [-0.2, -0.15) is 0 Å². The van der Waals surface area contributed by atoms with E-state index in [2.05, 4.69) is 24.5 Å². The number of ether oxygens (including phenoxy) is 4. The molecule has 20 nitrogen and oxygen atoms in total. The van der Waals surface area contributed by atoms with Crippen LogP contribution in [0.15, 0.2) is 34.0 Å². The molecule has 60 heavy (non-hydrogen) atoms. The summed E-state index contributed by atoms with van der Waals surface area (Å²) < 4.78 is 24.1. The summed E-state index contributed by atoms with van der Waals surface area (Å²) in [7, 11) is 0. The van der Waals surface area contributed by atoms with Gasteiger partial charge in [-0.25, -0.2) is 4.79 Å². The largest absolute Gasteiger partial charge is 0.394 e. The van der Waals surface area contributed by atoms with Gasteiger partial charge in [0.25, 0.3) is 5.56 Å². The fourth-order valence-electron chi connectivity index (χ4n) is 7.77. The van der Waals surface area contributed by atoms with Crippen LogP contribution in [-0.2, 0) is 28.5 Å². The number of nitrogens with zero attached hydrogens (tertiary/aromatic N) is 1. The Bertz CT molecular complexity index is 1630. The Morgan fingerprint density at radius 2 is 1.42 bits per heavy atom. The molecule has 11 N–H and O–H groups in total. The van der Waals surface area contributed by atoms with Crippen LogP contribution in [0.4, 0.5) is 0 Å². The molecule has 16 unspecified atom stereocenters. The zero-order valence-electron chi connectivity index (χ0n) is 34.5. The summed E-state index contributed by atoms with van der Waals surface area (Å²) in [6.07, 6.45) is -6.38. The number of hydrogen-bond acceptors (Lipinski definition) is 16. The van der Waals surface area contributed by atoms with E-state index in [-0.39, 0.29) is 0 Å². The van der Waals surface area contributed by atoms with Crippen molar-refractivity contribution in [3.63, 3.8) is 0 Å². The minimum atomic E-state index is -1.85. The normalized spacial score (nSPS) is 34.4. The van der Waals surface area contributed by atoms with Gasteiger partial charge < -0.3 is 70.4 Å². The molecule has 0 radical (unpaired) electrons. The highest BCUT2D eigenvalue weighted by atomic mass is 16.8. The van der Waals surface area contributed by atoms with E-state index in [0.29, 0.717) is 6.42 Å². The Hall–Kier alpha value is -3.12. The first kappa shape index (κ1) is 49.5. The molecule has 20 heteroatoms. The lowest BCUT2D eigenvalue weighted by Gasteiger charge is -2.47. The molecule has 3 aliphatic rings. The van der Waals surface area contributed by atoms with Crippen molar-refractivity contribution in [2.75, 3.05) is 6.61 Å². The molecule has 4 rings (SSSR count). The molecule has 3 fully saturated rings. The molecule has 0 aliphatic carbocycles. The third kappa shape index (κ3) is 13.4. The summed E-state index contributed by atoms with van der Waals surface area (Å²) >= 11 is 0. The van der Waals surface area contributed by atoms with Gasteiger partial charge in [-0.15, -0.1) is 0 Å². The molecule has 4 heterocycles. The van der Waals surface area contributed by atoms with Gasteiger partial charge in [0, 0.05) is 25.6 Å². The summed E-state index contributed by atoms with van der Waals surface area (Å²) in [5.41, 5.74) is -1.68. The number of aliphatic hydroxyl groups excluding tert-OH is 8. The van der Waals surface area contributed by atoms with Gasteiger partial charge in [0.15, 0.2) is 18.8 Å². The standard InChI is InChI=1S/C40H66N4O16/c1-4-21(2)15-13-11-9-7-5-6-8-10-12-14-16-26(48)42-29-33(53)30(50)24(57-39(29)60-38-28(41-22(3)46)32(52)31(51)25(20-45)58-38)19-23(47)36-34(54)35(55)37(59-36)44-18-17-27(49)43-40(44)56/h14,16-18,21,23-25,28-39,45,47,50-55H,4-13,15,19-20H2,1-3H3,(H,41,46)(H,42,48)(H,43,49,56)/b16-14+. The van der Waals surface area contributed by atoms with E-state index < -0.39 is 128 Å². The second kappa shape index (κ2) is 23.9. The van der Waals surface area contributed by atoms with Gasteiger partial charge in [-0.05, 0) is 24.8 Å². The fourth-order valence-corrected chi connectivity index (χ4v) is 7.77. The lowest BCUT2D eigenvalue weighted by molar-refractivity contribution is -0.346. The molecule has 0 spiro atoms. The van der Waals surface area contributed by atoms with Gasteiger partial charge in [-0.3, -0.25) is 23.9 Å². The molecule has 16 atom stereocenters. The van der Waals surface area contributed by atoms with E-state index in [4.69, 9.17) is 18.9 Å². The quantitative estimate of drug-likeness (QED) is 0.0458. The van der Waals surface area contributed by atoms with Crippen LogP contribution >= 0.6 is 0 Å². The third-order valence-electron chi connectivity index (χ3n) is 11.6. The summed E-state index contributed by atoms with van der Waals surface area (Å²) in [6.45, 7) is 4.86. The monoisotopic (exact) mass is 858 g/mol. The van der Waals surface area contributed by atoms with E-state index in [1.165, 1.54) is 44.6 Å². The number of carbonyl (C=O) groups is 2. The first-order valence-electron chi connectivity index (χ1n) is 21.1. The predicted octanol–water partition coefficient (Wildman–Crippen LogP) is -1.70. The number of hydrogen-bond donors (Lipinski definition) is 11. The molecule has 0 saturated carbocycles. The average molecular weight is 859 g/mol. The van der Waals surface area contributed by atoms with Crippen molar-refractivity contribution in [1.82, 2.24) is 20.2 Å². The molecule has 1 aromatic heterocycles. The van der Waals surface area contributed by atoms with Crippen molar-refractivity contribution in [2.24, 2.45) is 5.92 Å². The summed E-state index contributed by atoms with van der Waals surface area (Å²) in [5.74, 6) is -0.569. The number of aromatic nitrogens is 2. The second-order valence-electron chi connectivity index (χ2n) is 16.2.